The van der Waals surface area contributed by atoms with Gasteiger partial charge in [-0.2, -0.15) is 0 Å². The summed E-state index contributed by atoms with van der Waals surface area (Å²) in [5.41, 5.74) is 0. The number of carbonyl (C=O) groups is 1. The Kier molecular flexibility index (Phi) is 2.66. The van der Waals surface area contributed by atoms with E-state index in [-0.39, 0.29) is 11.8 Å². The number of carboxylic acid groups (broad SMARTS) is 1. The normalized spacial score (nSPS) is 26.5. The van der Waals surface area contributed by atoms with E-state index in [1.165, 1.54) is 0 Å². The molecule has 1 saturated carbocycles. The Labute approximate surface area is 87.3 Å². The fraction of sp³-hybridized carbons (Fsp3) is 0.778. The molecule has 2 atom stereocenters. The summed E-state index contributed by atoms with van der Waals surface area (Å²) >= 11 is 0. The largest absolute Gasteiger partial charge is 0.481 e. The van der Waals surface area contributed by atoms with Crippen LogP contribution in [0.15, 0.2) is 0 Å². The van der Waals surface area contributed by atoms with Crippen LogP contribution in [0.5, 0.6) is 0 Å². The summed E-state index contributed by atoms with van der Waals surface area (Å²) in [5.74, 6) is 0.0658. The Hall–Kier alpha value is -1.46. The molecule has 1 aromatic heterocycles. The molecule has 6 heteroatoms. The van der Waals surface area contributed by atoms with Crippen LogP contribution in [0.4, 0.5) is 0 Å². The Morgan fingerprint density at radius 3 is 2.93 bits per heavy atom. The van der Waals surface area contributed by atoms with Gasteiger partial charge in [-0.3, -0.25) is 4.79 Å². The third kappa shape index (κ3) is 1.98. The van der Waals surface area contributed by atoms with Crippen molar-refractivity contribution in [2.24, 2.45) is 13.0 Å². The molecule has 0 amide bonds. The van der Waals surface area contributed by atoms with Gasteiger partial charge >= 0.3 is 5.97 Å². The smallest absolute Gasteiger partial charge is 0.306 e. The topological polar surface area (TPSA) is 80.9 Å². The summed E-state index contributed by atoms with van der Waals surface area (Å²) in [6.45, 7) is 0. The van der Waals surface area contributed by atoms with E-state index in [1.807, 2.05) is 0 Å². The van der Waals surface area contributed by atoms with Gasteiger partial charge in [0.2, 0.25) is 0 Å². The third-order valence-electron chi connectivity index (χ3n) is 3.04. The quantitative estimate of drug-likeness (QED) is 0.771. The van der Waals surface area contributed by atoms with E-state index in [1.54, 1.807) is 11.7 Å². The van der Waals surface area contributed by atoms with Crippen LogP contribution in [0.25, 0.3) is 0 Å². The number of aromatic nitrogens is 4. The number of tetrazole rings is 1. The van der Waals surface area contributed by atoms with Crippen molar-refractivity contribution in [1.82, 2.24) is 20.2 Å². The number of rotatable bonds is 2. The van der Waals surface area contributed by atoms with E-state index < -0.39 is 5.97 Å². The summed E-state index contributed by atoms with van der Waals surface area (Å²) in [4.78, 5) is 10.9. The molecule has 1 aliphatic rings. The maximum Gasteiger partial charge on any atom is 0.306 e. The first-order valence-electron chi connectivity index (χ1n) is 5.13. The van der Waals surface area contributed by atoms with Gasteiger partial charge in [-0.05, 0) is 29.7 Å². The van der Waals surface area contributed by atoms with Gasteiger partial charge in [0.15, 0.2) is 5.82 Å². The molecular formula is C9H14N4O2. The highest BCUT2D eigenvalue weighted by Crippen LogP contribution is 2.34. The van der Waals surface area contributed by atoms with Crippen LogP contribution in [-0.2, 0) is 11.8 Å². The minimum absolute atomic E-state index is 0.194. The lowest BCUT2D eigenvalue weighted by Gasteiger charge is -2.25. The fourth-order valence-corrected chi connectivity index (χ4v) is 2.23. The molecule has 15 heavy (non-hydrogen) atoms. The fourth-order valence-electron chi connectivity index (χ4n) is 2.23. The summed E-state index contributed by atoms with van der Waals surface area (Å²) in [7, 11) is 1.79. The van der Waals surface area contributed by atoms with Crippen molar-refractivity contribution in [2.75, 3.05) is 0 Å². The lowest BCUT2D eigenvalue weighted by molar-refractivity contribution is -0.143. The second-order valence-corrected chi connectivity index (χ2v) is 4.06. The number of aliphatic carboxylic acids is 1. The minimum Gasteiger partial charge on any atom is -0.481 e. The summed E-state index contributed by atoms with van der Waals surface area (Å²) in [6.07, 6.45) is 3.35. The van der Waals surface area contributed by atoms with E-state index in [0.29, 0.717) is 6.42 Å². The van der Waals surface area contributed by atoms with Gasteiger partial charge < -0.3 is 5.11 Å². The molecule has 2 rings (SSSR count). The van der Waals surface area contributed by atoms with Gasteiger partial charge in [0.25, 0.3) is 0 Å². The second kappa shape index (κ2) is 3.96. The van der Waals surface area contributed by atoms with Crippen molar-refractivity contribution in [3.63, 3.8) is 0 Å². The Morgan fingerprint density at radius 1 is 1.53 bits per heavy atom. The molecule has 0 aromatic carbocycles. The molecule has 0 radical (unpaired) electrons. The van der Waals surface area contributed by atoms with Crippen molar-refractivity contribution in [1.29, 1.82) is 0 Å². The van der Waals surface area contributed by atoms with Crippen LogP contribution in [0, 0.1) is 5.92 Å². The first kappa shape index (κ1) is 10.1. The van der Waals surface area contributed by atoms with E-state index in [9.17, 15) is 4.79 Å². The molecule has 1 fully saturated rings. The molecule has 0 aliphatic heterocycles. The molecule has 0 bridgehead atoms. The number of hydrogen-bond acceptors (Lipinski definition) is 4. The molecule has 1 N–H and O–H groups in total. The van der Waals surface area contributed by atoms with E-state index >= 15 is 0 Å². The zero-order chi connectivity index (χ0) is 10.8. The predicted octanol–water partition coefficient (Wildman–Crippen LogP) is 0.568. The average molecular weight is 210 g/mol. The highest BCUT2D eigenvalue weighted by Gasteiger charge is 2.30. The first-order chi connectivity index (χ1) is 7.18. The van der Waals surface area contributed by atoms with E-state index in [4.69, 9.17) is 5.11 Å². The number of nitrogens with zero attached hydrogens (tertiary/aromatic N) is 4. The minimum atomic E-state index is -0.699. The Bertz CT molecular complexity index is 363. The number of hydrogen-bond donors (Lipinski definition) is 1. The average Bonchev–Trinajstić information content (AvgIpc) is 2.64. The molecule has 1 aliphatic carbocycles. The molecule has 6 nitrogen and oxygen atoms in total. The standard InChI is InChI=1S/C9H14N4O2/c1-13-8(10-11-12-13)6-3-2-4-7(5-6)9(14)15/h6-7H,2-5H2,1H3,(H,14,15). The van der Waals surface area contributed by atoms with Crippen LogP contribution in [0.2, 0.25) is 0 Å². The highest BCUT2D eigenvalue weighted by atomic mass is 16.4. The Balaban J connectivity index is 2.11. The lowest BCUT2D eigenvalue weighted by atomic mass is 9.81. The van der Waals surface area contributed by atoms with Crippen LogP contribution in [-0.4, -0.2) is 31.3 Å². The maximum absolute atomic E-state index is 10.9. The van der Waals surface area contributed by atoms with Gasteiger partial charge in [0.05, 0.1) is 5.92 Å². The second-order valence-electron chi connectivity index (χ2n) is 4.06. The van der Waals surface area contributed by atoms with Gasteiger partial charge in [-0.1, -0.05) is 6.42 Å². The number of carboxylic acids is 1. The zero-order valence-corrected chi connectivity index (χ0v) is 8.63. The van der Waals surface area contributed by atoms with Crippen molar-refractivity contribution < 1.29 is 9.90 Å². The molecule has 82 valence electrons. The van der Waals surface area contributed by atoms with Gasteiger partial charge in [-0.25, -0.2) is 4.68 Å². The van der Waals surface area contributed by atoms with Gasteiger partial charge in [0.1, 0.15) is 0 Å². The molecular weight excluding hydrogens is 196 g/mol. The highest BCUT2D eigenvalue weighted by molar-refractivity contribution is 5.70. The monoisotopic (exact) mass is 210 g/mol. The van der Waals surface area contributed by atoms with Crippen molar-refractivity contribution >= 4 is 5.97 Å². The summed E-state index contributed by atoms with van der Waals surface area (Å²) < 4.78 is 1.63. The molecule has 2 unspecified atom stereocenters. The zero-order valence-electron chi connectivity index (χ0n) is 8.63. The van der Waals surface area contributed by atoms with Gasteiger partial charge in [0, 0.05) is 13.0 Å². The lowest BCUT2D eigenvalue weighted by Crippen LogP contribution is -2.23. The van der Waals surface area contributed by atoms with Gasteiger partial charge in [-0.15, -0.1) is 5.10 Å². The van der Waals surface area contributed by atoms with Crippen molar-refractivity contribution in [3.05, 3.63) is 5.82 Å². The molecule has 1 heterocycles. The van der Waals surface area contributed by atoms with E-state index in [0.717, 1.165) is 25.1 Å². The van der Waals surface area contributed by atoms with Crippen molar-refractivity contribution in [3.8, 4) is 0 Å². The molecule has 0 spiro atoms. The molecule has 1 aromatic rings. The van der Waals surface area contributed by atoms with Crippen molar-refractivity contribution in [2.45, 2.75) is 31.6 Å². The van der Waals surface area contributed by atoms with Crippen LogP contribution in [0.3, 0.4) is 0 Å². The number of aryl methyl sites for hydroxylation is 1. The van der Waals surface area contributed by atoms with E-state index in [2.05, 4.69) is 15.5 Å². The SMILES string of the molecule is Cn1nnnc1C1CCCC(C(=O)O)C1. The first-order valence-corrected chi connectivity index (χ1v) is 5.13. The molecule has 0 saturated heterocycles. The summed E-state index contributed by atoms with van der Waals surface area (Å²) in [5, 5.41) is 20.3. The van der Waals surface area contributed by atoms with Crippen LogP contribution >= 0.6 is 0 Å². The van der Waals surface area contributed by atoms with Crippen LogP contribution < -0.4 is 0 Å². The summed E-state index contributed by atoms with van der Waals surface area (Å²) in [6, 6.07) is 0. The Morgan fingerprint density at radius 2 is 2.33 bits per heavy atom. The third-order valence-corrected chi connectivity index (χ3v) is 3.04. The predicted molar refractivity (Wildman–Crippen MR) is 51.1 cm³/mol. The maximum atomic E-state index is 10.9. The van der Waals surface area contributed by atoms with Crippen LogP contribution in [0.1, 0.15) is 37.4 Å².